The van der Waals surface area contributed by atoms with E-state index in [0.717, 1.165) is 20.8 Å². The Labute approximate surface area is 154 Å². The Hall–Kier alpha value is -0.600. The highest BCUT2D eigenvalue weighted by Crippen LogP contribution is 2.73. The topological polar surface area (TPSA) is 20.2 Å². The summed E-state index contributed by atoms with van der Waals surface area (Å²) in [4.78, 5) is 0. The molecule has 1 aliphatic carbocycles. The summed E-state index contributed by atoms with van der Waals surface area (Å²) in [5.41, 5.74) is -13.8. The summed E-state index contributed by atoms with van der Waals surface area (Å²) in [6.07, 6.45) is -8.29. The Bertz CT molecular complexity index is 552. The van der Waals surface area contributed by atoms with Crippen LogP contribution in [0.2, 0.25) is 0 Å². The second-order valence-corrected chi connectivity index (χ2v) is 8.66. The maximum absolute atomic E-state index is 15.7. The molecule has 3 unspecified atom stereocenters. The molecule has 0 bridgehead atoms. The van der Waals surface area contributed by atoms with E-state index in [4.69, 9.17) is 0 Å². The minimum Gasteiger partial charge on any atom is -0.375 e. The van der Waals surface area contributed by atoms with Crippen molar-refractivity contribution >= 4 is 0 Å². The van der Waals surface area contributed by atoms with Crippen LogP contribution < -0.4 is 0 Å². The predicted octanol–water partition coefficient (Wildman–Crippen LogP) is 6.54. The zero-order valence-corrected chi connectivity index (χ0v) is 16.4. The summed E-state index contributed by atoms with van der Waals surface area (Å²) in [7, 11) is 0. The number of hydrogen-bond donors (Lipinski definition) is 1. The SMILES string of the molecule is CCC(C)(C)CC1C(F)(F)C(F)(C(C)(CC)CC)C(F)(F)C1(O)C(F)(F)F. The quantitative estimate of drug-likeness (QED) is 0.491. The van der Waals surface area contributed by atoms with Crippen LogP contribution in [0.25, 0.3) is 0 Å². The highest BCUT2D eigenvalue weighted by Gasteiger charge is 2.96. The molecule has 0 aliphatic heterocycles. The Kier molecular flexibility index (Phi) is 5.84. The van der Waals surface area contributed by atoms with Crippen molar-refractivity contribution < 1.29 is 40.2 Å². The average Bonchev–Trinajstić information content (AvgIpc) is 2.63. The monoisotopic (exact) mass is 412 g/mol. The molecule has 0 aromatic carbocycles. The fourth-order valence-electron chi connectivity index (χ4n) is 4.06. The Morgan fingerprint density at radius 3 is 1.52 bits per heavy atom. The first-order chi connectivity index (χ1) is 11.8. The van der Waals surface area contributed by atoms with Crippen molar-refractivity contribution in [3.05, 3.63) is 0 Å². The van der Waals surface area contributed by atoms with Crippen molar-refractivity contribution in [2.24, 2.45) is 16.7 Å². The smallest absolute Gasteiger partial charge is 0.375 e. The number of rotatable bonds is 6. The van der Waals surface area contributed by atoms with Crippen LogP contribution in [0.3, 0.4) is 0 Å². The molecule has 9 heteroatoms. The molecule has 162 valence electrons. The van der Waals surface area contributed by atoms with E-state index in [2.05, 4.69) is 0 Å². The van der Waals surface area contributed by atoms with Gasteiger partial charge in [-0.2, -0.15) is 22.0 Å². The summed E-state index contributed by atoms with van der Waals surface area (Å²) in [6, 6.07) is 0. The van der Waals surface area contributed by atoms with Crippen molar-refractivity contribution in [2.45, 2.75) is 96.5 Å². The molecule has 1 saturated carbocycles. The first kappa shape index (κ1) is 24.4. The van der Waals surface area contributed by atoms with Gasteiger partial charge in [-0.15, -0.1) is 0 Å². The summed E-state index contributed by atoms with van der Waals surface area (Å²) in [5, 5.41) is 10.1. The molecule has 1 fully saturated rings. The standard InChI is InChI=1S/C18H28F8O/c1-7-12(4,5)10-11-14(27,18(24,25)26)17(22,23)16(21,15(11,19)20)13(6,8-2)9-3/h11,27H,7-10H2,1-6H3. The fourth-order valence-corrected chi connectivity index (χ4v) is 4.06. The lowest BCUT2D eigenvalue weighted by atomic mass is 9.66. The molecule has 0 aromatic heterocycles. The van der Waals surface area contributed by atoms with Crippen LogP contribution in [-0.4, -0.2) is 34.4 Å². The van der Waals surface area contributed by atoms with Gasteiger partial charge in [-0.1, -0.05) is 48.0 Å². The van der Waals surface area contributed by atoms with E-state index >= 15 is 22.0 Å². The van der Waals surface area contributed by atoms with E-state index in [9.17, 15) is 18.3 Å². The molecule has 0 spiro atoms. The zero-order chi connectivity index (χ0) is 21.9. The third-order valence-electron chi connectivity index (χ3n) is 6.85. The minimum absolute atomic E-state index is 0.0806. The maximum Gasteiger partial charge on any atom is 0.423 e. The van der Waals surface area contributed by atoms with Gasteiger partial charge in [0.05, 0.1) is 5.92 Å². The van der Waals surface area contributed by atoms with Gasteiger partial charge in [0.1, 0.15) is 0 Å². The van der Waals surface area contributed by atoms with Gasteiger partial charge in [0.25, 0.3) is 5.92 Å². The van der Waals surface area contributed by atoms with Crippen molar-refractivity contribution in [2.75, 3.05) is 0 Å². The van der Waals surface area contributed by atoms with Gasteiger partial charge in [-0.3, -0.25) is 0 Å². The molecule has 0 saturated heterocycles. The van der Waals surface area contributed by atoms with Crippen molar-refractivity contribution in [1.29, 1.82) is 0 Å². The first-order valence-electron chi connectivity index (χ1n) is 9.01. The number of alkyl halides is 8. The zero-order valence-electron chi connectivity index (χ0n) is 16.4. The van der Waals surface area contributed by atoms with Crippen LogP contribution in [0.4, 0.5) is 35.1 Å². The molecule has 0 amide bonds. The van der Waals surface area contributed by atoms with E-state index in [1.54, 1.807) is 0 Å². The molecule has 0 aromatic rings. The van der Waals surface area contributed by atoms with E-state index in [1.165, 1.54) is 20.8 Å². The van der Waals surface area contributed by atoms with E-state index < -0.39 is 65.3 Å². The molecular formula is C18H28F8O. The van der Waals surface area contributed by atoms with Crippen LogP contribution >= 0.6 is 0 Å². The Balaban J connectivity index is 3.93. The van der Waals surface area contributed by atoms with Gasteiger partial charge in [0.2, 0.25) is 11.3 Å². The lowest BCUT2D eigenvalue weighted by Gasteiger charge is -2.46. The number of hydrogen-bond acceptors (Lipinski definition) is 1. The van der Waals surface area contributed by atoms with Gasteiger partial charge < -0.3 is 5.11 Å². The van der Waals surface area contributed by atoms with Crippen LogP contribution in [0.15, 0.2) is 0 Å². The highest BCUT2D eigenvalue weighted by molar-refractivity contribution is 5.31. The second kappa shape index (κ2) is 6.46. The predicted molar refractivity (Wildman–Crippen MR) is 85.6 cm³/mol. The average molecular weight is 412 g/mol. The molecular weight excluding hydrogens is 384 g/mol. The number of halogens is 8. The number of aliphatic hydroxyl groups is 1. The largest absolute Gasteiger partial charge is 0.423 e. The lowest BCUT2D eigenvalue weighted by molar-refractivity contribution is -0.357. The van der Waals surface area contributed by atoms with Crippen molar-refractivity contribution in [3.8, 4) is 0 Å². The van der Waals surface area contributed by atoms with Crippen LogP contribution in [0.1, 0.15) is 67.2 Å². The third kappa shape index (κ3) is 2.81. The van der Waals surface area contributed by atoms with Crippen molar-refractivity contribution in [1.82, 2.24) is 0 Å². The van der Waals surface area contributed by atoms with E-state index in [1.807, 2.05) is 0 Å². The van der Waals surface area contributed by atoms with Crippen LogP contribution in [-0.2, 0) is 0 Å². The van der Waals surface area contributed by atoms with Gasteiger partial charge in [0, 0.05) is 5.41 Å². The van der Waals surface area contributed by atoms with Gasteiger partial charge in [0.15, 0.2) is 0 Å². The summed E-state index contributed by atoms with van der Waals surface area (Å²) in [6.45, 7) is 7.21. The lowest BCUT2D eigenvalue weighted by Crippen LogP contribution is -2.67. The molecule has 3 atom stereocenters. The molecule has 27 heavy (non-hydrogen) atoms. The van der Waals surface area contributed by atoms with Crippen LogP contribution in [0.5, 0.6) is 0 Å². The summed E-state index contributed by atoms with van der Waals surface area (Å²) < 4.78 is 117. The van der Waals surface area contributed by atoms with Gasteiger partial charge >= 0.3 is 12.1 Å². The highest BCUT2D eigenvalue weighted by atomic mass is 19.4. The fraction of sp³-hybridized carbons (Fsp3) is 1.00. The first-order valence-corrected chi connectivity index (χ1v) is 9.01. The molecule has 0 radical (unpaired) electrons. The summed E-state index contributed by atoms with van der Waals surface area (Å²) in [5.74, 6) is -14.2. The Morgan fingerprint density at radius 2 is 1.22 bits per heavy atom. The molecule has 1 rings (SSSR count). The molecule has 0 heterocycles. The van der Waals surface area contributed by atoms with Gasteiger partial charge in [-0.25, -0.2) is 13.2 Å². The van der Waals surface area contributed by atoms with E-state index in [-0.39, 0.29) is 6.42 Å². The molecule has 1 aliphatic rings. The minimum atomic E-state index is -6.15. The van der Waals surface area contributed by atoms with Crippen molar-refractivity contribution in [3.63, 3.8) is 0 Å². The van der Waals surface area contributed by atoms with Gasteiger partial charge in [-0.05, 0) is 24.7 Å². The maximum atomic E-state index is 15.7. The van der Waals surface area contributed by atoms with Crippen LogP contribution in [0, 0.1) is 16.7 Å². The molecule has 1 N–H and O–H groups in total. The summed E-state index contributed by atoms with van der Waals surface area (Å²) >= 11 is 0. The van der Waals surface area contributed by atoms with E-state index in [0.29, 0.717) is 0 Å². The molecule has 1 nitrogen and oxygen atoms in total. The second-order valence-electron chi connectivity index (χ2n) is 8.66. The third-order valence-corrected chi connectivity index (χ3v) is 6.85. The Morgan fingerprint density at radius 1 is 0.815 bits per heavy atom. The normalized spacial score (nSPS) is 34.1.